The van der Waals surface area contributed by atoms with Crippen LogP contribution in [0.25, 0.3) is 0 Å². The van der Waals surface area contributed by atoms with Crippen LogP contribution in [0, 0.1) is 0 Å². The van der Waals surface area contributed by atoms with Gasteiger partial charge in [-0.3, -0.25) is 0 Å². The van der Waals surface area contributed by atoms with E-state index in [9.17, 15) is 4.39 Å². The first-order valence-corrected chi connectivity index (χ1v) is 3.71. The molecule has 10 heavy (non-hydrogen) atoms. The Morgan fingerprint density at radius 3 is 2.70 bits per heavy atom. The van der Waals surface area contributed by atoms with Gasteiger partial charge >= 0.3 is 0 Å². The number of halogens is 1. The lowest BCUT2D eigenvalue weighted by Gasteiger charge is -2.30. The molecule has 1 aliphatic rings. The van der Waals surface area contributed by atoms with Crippen LogP contribution >= 0.6 is 0 Å². The Labute approximate surface area is 61.3 Å². The molecule has 0 aromatic carbocycles. The molecule has 1 N–H and O–H groups in total. The maximum atomic E-state index is 13.5. The van der Waals surface area contributed by atoms with Gasteiger partial charge in [0.25, 0.3) is 0 Å². The van der Waals surface area contributed by atoms with Gasteiger partial charge in [0.05, 0.1) is 0 Å². The maximum absolute atomic E-state index is 13.5. The first-order chi connectivity index (χ1) is 4.65. The van der Waals surface area contributed by atoms with Crippen molar-refractivity contribution < 1.29 is 4.39 Å². The van der Waals surface area contributed by atoms with E-state index >= 15 is 0 Å². The molecule has 1 rings (SSSR count). The van der Waals surface area contributed by atoms with Gasteiger partial charge in [0.15, 0.2) is 0 Å². The fraction of sp³-hybridized carbons (Fsp3) is 0.750. The van der Waals surface area contributed by atoms with E-state index in [2.05, 4.69) is 11.9 Å². The summed E-state index contributed by atoms with van der Waals surface area (Å²) in [6.45, 7) is 6.78. The van der Waals surface area contributed by atoms with Gasteiger partial charge in [0, 0.05) is 6.54 Å². The second kappa shape index (κ2) is 2.70. The van der Waals surface area contributed by atoms with E-state index < -0.39 is 5.67 Å². The van der Waals surface area contributed by atoms with Crippen LogP contribution in [-0.2, 0) is 0 Å². The smallest absolute Gasteiger partial charge is 0.143 e. The summed E-state index contributed by atoms with van der Waals surface area (Å²) in [5.74, 6) is 0. The third kappa shape index (κ3) is 1.37. The summed E-state index contributed by atoms with van der Waals surface area (Å²) in [4.78, 5) is 0. The summed E-state index contributed by atoms with van der Waals surface area (Å²) < 4.78 is 13.5. The highest BCUT2D eigenvalue weighted by atomic mass is 19.1. The topological polar surface area (TPSA) is 12.0 Å². The first kappa shape index (κ1) is 7.73. The molecule has 1 fully saturated rings. The van der Waals surface area contributed by atoms with Crippen molar-refractivity contribution >= 4 is 0 Å². The summed E-state index contributed by atoms with van der Waals surface area (Å²) in [7, 11) is 0. The van der Waals surface area contributed by atoms with Crippen LogP contribution in [0.2, 0.25) is 0 Å². The SMILES string of the molecule is C=C(C)C1(F)CCCNC1. The van der Waals surface area contributed by atoms with Crippen molar-refractivity contribution in [1.29, 1.82) is 0 Å². The molecule has 2 heteroatoms. The van der Waals surface area contributed by atoms with Crippen LogP contribution in [0.1, 0.15) is 19.8 Å². The highest BCUT2D eigenvalue weighted by molar-refractivity contribution is 5.12. The molecule has 1 saturated heterocycles. The van der Waals surface area contributed by atoms with Crippen LogP contribution in [-0.4, -0.2) is 18.8 Å². The number of piperidine rings is 1. The molecule has 58 valence electrons. The summed E-state index contributed by atoms with van der Waals surface area (Å²) in [6.07, 6.45) is 1.55. The molecular formula is C8H14FN. The molecule has 0 spiro atoms. The van der Waals surface area contributed by atoms with Crippen molar-refractivity contribution in [2.24, 2.45) is 0 Å². The van der Waals surface area contributed by atoms with E-state index in [0.717, 1.165) is 13.0 Å². The lowest BCUT2D eigenvalue weighted by Crippen LogP contribution is -2.42. The van der Waals surface area contributed by atoms with Gasteiger partial charge in [-0.2, -0.15) is 0 Å². The van der Waals surface area contributed by atoms with Gasteiger partial charge in [-0.25, -0.2) is 4.39 Å². The van der Waals surface area contributed by atoms with Crippen LogP contribution < -0.4 is 5.32 Å². The van der Waals surface area contributed by atoms with Crippen molar-refractivity contribution in [3.63, 3.8) is 0 Å². The number of rotatable bonds is 1. The van der Waals surface area contributed by atoms with E-state index in [1.54, 1.807) is 6.92 Å². The average Bonchev–Trinajstić information content (AvgIpc) is 1.89. The maximum Gasteiger partial charge on any atom is 0.143 e. The predicted octanol–water partition coefficient (Wildman–Crippen LogP) is 1.65. The minimum atomic E-state index is -1.13. The molecule has 0 bridgehead atoms. The molecule has 0 radical (unpaired) electrons. The molecule has 0 aromatic rings. The third-order valence-electron chi connectivity index (χ3n) is 2.10. The van der Waals surface area contributed by atoms with Crippen LogP contribution in [0.5, 0.6) is 0 Å². The third-order valence-corrected chi connectivity index (χ3v) is 2.10. The zero-order chi connectivity index (χ0) is 7.61. The lowest BCUT2D eigenvalue weighted by molar-refractivity contribution is 0.165. The second-order valence-electron chi connectivity index (χ2n) is 3.03. The Kier molecular flexibility index (Phi) is 2.09. The zero-order valence-electron chi connectivity index (χ0n) is 6.41. The lowest BCUT2D eigenvalue weighted by atomic mass is 9.90. The molecule has 1 nitrogen and oxygen atoms in total. The molecule has 0 aliphatic carbocycles. The van der Waals surface area contributed by atoms with Crippen LogP contribution in [0.15, 0.2) is 12.2 Å². The summed E-state index contributed by atoms with van der Waals surface area (Å²) in [5.41, 5.74) is -0.474. The van der Waals surface area contributed by atoms with Crippen molar-refractivity contribution in [2.75, 3.05) is 13.1 Å². The number of nitrogens with one attached hydrogen (secondary N) is 1. The molecule has 1 unspecified atom stereocenters. The average molecular weight is 143 g/mol. The van der Waals surface area contributed by atoms with Gasteiger partial charge in [0.2, 0.25) is 0 Å². The van der Waals surface area contributed by atoms with E-state index in [4.69, 9.17) is 0 Å². The summed E-state index contributed by atoms with van der Waals surface area (Å²) >= 11 is 0. The van der Waals surface area contributed by atoms with Crippen LogP contribution in [0.4, 0.5) is 4.39 Å². The normalized spacial score (nSPS) is 33.8. The van der Waals surface area contributed by atoms with E-state index in [1.165, 1.54) is 0 Å². The van der Waals surface area contributed by atoms with E-state index in [1.807, 2.05) is 0 Å². The summed E-state index contributed by atoms with van der Waals surface area (Å²) in [6, 6.07) is 0. The fourth-order valence-corrected chi connectivity index (χ4v) is 1.23. The Hall–Kier alpha value is -0.370. The minimum Gasteiger partial charge on any atom is -0.313 e. The zero-order valence-corrected chi connectivity index (χ0v) is 6.41. The van der Waals surface area contributed by atoms with Crippen molar-refractivity contribution in [1.82, 2.24) is 5.32 Å². The molecule has 1 atom stereocenters. The summed E-state index contributed by atoms with van der Waals surface area (Å²) in [5, 5.41) is 3.02. The molecule has 0 amide bonds. The second-order valence-corrected chi connectivity index (χ2v) is 3.03. The molecule has 1 aliphatic heterocycles. The number of hydrogen-bond donors (Lipinski definition) is 1. The minimum absolute atomic E-state index is 0.447. The standard InChI is InChI=1S/C8H14FN/c1-7(2)8(9)4-3-5-10-6-8/h10H,1,3-6H2,2H3. The molecular weight excluding hydrogens is 129 g/mol. The van der Waals surface area contributed by atoms with Gasteiger partial charge < -0.3 is 5.32 Å². The Balaban J connectivity index is 2.56. The number of alkyl halides is 1. The predicted molar refractivity (Wildman–Crippen MR) is 40.8 cm³/mol. The largest absolute Gasteiger partial charge is 0.313 e. The van der Waals surface area contributed by atoms with Crippen LogP contribution in [0.3, 0.4) is 0 Å². The fourth-order valence-electron chi connectivity index (χ4n) is 1.23. The quantitative estimate of drug-likeness (QED) is 0.550. The van der Waals surface area contributed by atoms with E-state index in [-0.39, 0.29) is 0 Å². The van der Waals surface area contributed by atoms with Gasteiger partial charge in [-0.05, 0) is 31.9 Å². The molecule has 0 saturated carbocycles. The highest BCUT2D eigenvalue weighted by Crippen LogP contribution is 2.27. The Morgan fingerprint density at radius 2 is 2.40 bits per heavy atom. The van der Waals surface area contributed by atoms with Crippen molar-refractivity contribution in [2.45, 2.75) is 25.4 Å². The van der Waals surface area contributed by atoms with Crippen molar-refractivity contribution in [3.8, 4) is 0 Å². The highest BCUT2D eigenvalue weighted by Gasteiger charge is 2.31. The Bertz CT molecular complexity index is 136. The van der Waals surface area contributed by atoms with Gasteiger partial charge in [-0.15, -0.1) is 0 Å². The van der Waals surface area contributed by atoms with Gasteiger partial charge in [0.1, 0.15) is 5.67 Å². The molecule has 0 aromatic heterocycles. The van der Waals surface area contributed by atoms with E-state index in [0.29, 0.717) is 18.5 Å². The monoisotopic (exact) mass is 143 g/mol. The number of hydrogen-bond acceptors (Lipinski definition) is 1. The van der Waals surface area contributed by atoms with Gasteiger partial charge in [-0.1, -0.05) is 6.58 Å². The Morgan fingerprint density at radius 1 is 1.70 bits per heavy atom. The first-order valence-electron chi connectivity index (χ1n) is 3.71. The molecule has 1 heterocycles. The van der Waals surface area contributed by atoms with Crippen molar-refractivity contribution in [3.05, 3.63) is 12.2 Å².